The van der Waals surface area contributed by atoms with Gasteiger partial charge >= 0.3 is 5.97 Å². The zero-order valence-corrected chi connectivity index (χ0v) is 15.7. The maximum Gasteiger partial charge on any atom is 0.320 e. The van der Waals surface area contributed by atoms with Crippen molar-refractivity contribution in [2.24, 2.45) is 0 Å². The highest BCUT2D eigenvalue weighted by Crippen LogP contribution is 2.31. The number of halogens is 1. The summed E-state index contributed by atoms with van der Waals surface area (Å²) in [5.74, 6) is -0.991. The molecule has 0 unspecified atom stereocenters. The van der Waals surface area contributed by atoms with E-state index in [4.69, 9.17) is 11.6 Å². The molecule has 2 aromatic rings. The lowest BCUT2D eigenvalue weighted by Crippen LogP contribution is -2.37. The highest BCUT2D eigenvalue weighted by molar-refractivity contribution is 7.92. The van der Waals surface area contributed by atoms with Gasteiger partial charge in [-0.05, 0) is 30.5 Å². The predicted molar refractivity (Wildman–Crippen MR) is 100 cm³/mol. The molecule has 1 saturated heterocycles. The molecule has 5 nitrogen and oxygen atoms in total. The SMILES string of the molecule is O=C(O)[C@@H]1C[C@@H](S(=O)(=O)c2ccccc2Cl)CN1CCc1ccccc1. The quantitative estimate of drug-likeness (QED) is 0.816. The van der Waals surface area contributed by atoms with Crippen molar-refractivity contribution < 1.29 is 18.3 Å². The molecule has 138 valence electrons. The van der Waals surface area contributed by atoms with Crippen LogP contribution in [-0.2, 0) is 21.1 Å². The molecule has 0 aliphatic carbocycles. The van der Waals surface area contributed by atoms with Crippen LogP contribution in [0.5, 0.6) is 0 Å². The molecule has 1 heterocycles. The van der Waals surface area contributed by atoms with Crippen molar-refractivity contribution in [3.63, 3.8) is 0 Å². The van der Waals surface area contributed by atoms with Crippen LogP contribution < -0.4 is 0 Å². The van der Waals surface area contributed by atoms with Gasteiger partial charge in [-0.1, -0.05) is 54.1 Å². The van der Waals surface area contributed by atoms with Crippen LogP contribution in [0.25, 0.3) is 0 Å². The number of rotatable bonds is 6. The highest BCUT2D eigenvalue weighted by Gasteiger charge is 2.43. The summed E-state index contributed by atoms with van der Waals surface area (Å²) in [7, 11) is -3.69. The number of carbonyl (C=O) groups is 1. The van der Waals surface area contributed by atoms with Crippen molar-refractivity contribution >= 4 is 27.4 Å². The number of aliphatic carboxylic acids is 1. The first kappa shape index (κ1) is 18.9. The van der Waals surface area contributed by atoms with Crippen LogP contribution >= 0.6 is 11.6 Å². The van der Waals surface area contributed by atoms with Gasteiger partial charge < -0.3 is 5.11 Å². The van der Waals surface area contributed by atoms with Gasteiger partial charge in [-0.2, -0.15) is 0 Å². The Hall–Kier alpha value is -1.89. The summed E-state index contributed by atoms with van der Waals surface area (Å²) in [4.78, 5) is 13.5. The second kappa shape index (κ2) is 7.78. The lowest BCUT2D eigenvalue weighted by Gasteiger charge is -2.20. The summed E-state index contributed by atoms with van der Waals surface area (Å²) in [5.41, 5.74) is 1.09. The molecule has 2 atom stereocenters. The number of sulfone groups is 1. The van der Waals surface area contributed by atoms with E-state index >= 15 is 0 Å². The van der Waals surface area contributed by atoms with E-state index < -0.39 is 27.1 Å². The molecular formula is C19H20ClNO4S. The summed E-state index contributed by atoms with van der Waals surface area (Å²) in [6, 6.07) is 15.2. The van der Waals surface area contributed by atoms with Gasteiger partial charge in [-0.15, -0.1) is 0 Å². The molecule has 0 bridgehead atoms. The summed E-state index contributed by atoms with van der Waals surface area (Å²) in [6.07, 6.45) is 0.737. The number of benzene rings is 2. The van der Waals surface area contributed by atoms with E-state index in [2.05, 4.69) is 0 Å². The molecular weight excluding hydrogens is 374 g/mol. The van der Waals surface area contributed by atoms with Gasteiger partial charge in [0.25, 0.3) is 0 Å². The molecule has 0 spiro atoms. The number of carboxylic acids is 1. The van der Waals surface area contributed by atoms with Crippen LogP contribution in [0.1, 0.15) is 12.0 Å². The molecule has 1 N–H and O–H groups in total. The highest BCUT2D eigenvalue weighted by atomic mass is 35.5. The third-order valence-corrected chi connectivity index (χ3v) is 7.39. The van der Waals surface area contributed by atoms with Crippen LogP contribution in [-0.4, -0.2) is 48.8 Å². The van der Waals surface area contributed by atoms with E-state index in [1.165, 1.54) is 12.1 Å². The number of likely N-dealkylation sites (tertiary alicyclic amines) is 1. The second-order valence-corrected chi connectivity index (χ2v) is 9.02. The van der Waals surface area contributed by atoms with Crippen LogP contribution in [0.2, 0.25) is 5.02 Å². The second-order valence-electron chi connectivity index (χ2n) is 6.42. The van der Waals surface area contributed by atoms with Crippen LogP contribution in [0.3, 0.4) is 0 Å². The molecule has 3 rings (SSSR count). The molecule has 7 heteroatoms. The Labute approximate surface area is 158 Å². The number of hydrogen-bond acceptors (Lipinski definition) is 4. The number of nitrogens with zero attached hydrogens (tertiary/aromatic N) is 1. The van der Waals surface area contributed by atoms with E-state index in [9.17, 15) is 18.3 Å². The van der Waals surface area contributed by atoms with Crippen LogP contribution in [0, 0.1) is 0 Å². The van der Waals surface area contributed by atoms with Crippen molar-refractivity contribution in [2.45, 2.75) is 29.0 Å². The zero-order valence-electron chi connectivity index (χ0n) is 14.1. The van der Waals surface area contributed by atoms with E-state index in [1.807, 2.05) is 30.3 Å². The Balaban J connectivity index is 1.78. The van der Waals surface area contributed by atoms with Crippen LogP contribution in [0.15, 0.2) is 59.5 Å². The molecule has 1 aliphatic heterocycles. The number of hydrogen-bond donors (Lipinski definition) is 1. The molecule has 2 aromatic carbocycles. The first-order valence-corrected chi connectivity index (χ1v) is 10.3. The number of carboxylic acid groups (broad SMARTS) is 1. The molecule has 1 fully saturated rings. The minimum atomic E-state index is -3.69. The molecule has 0 aromatic heterocycles. The maximum absolute atomic E-state index is 12.9. The third-order valence-electron chi connectivity index (χ3n) is 4.76. The molecule has 1 aliphatic rings. The molecule has 26 heavy (non-hydrogen) atoms. The Kier molecular flexibility index (Phi) is 5.65. The van der Waals surface area contributed by atoms with E-state index in [0.29, 0.717) is 13.0 Å². The minimum Gasteiger partial charge on any atom is -0.480 e. The standard InChI is InChI=1S/C19H20ClNO4S/c20-16-8-4-5-9-18(16)26(24,25)15-12-17(19(22)23)21(13-15)11-10-14-6-2-1-3-7-14/h1-9,15,17H,10-13H2,(H,22,23)/t15-,17+/m1/s1. The monoisotopic (exact) mass is 393 g/mol. The summed E-state index contributed by atoms with van der Waals surface area (Å²) >= 11 is 6.05. The largest absolute Gasteiger partial charge is 0.480 e. The fourth-order valence-electron chi connectivity index (χ4n) is 3.36. The molecule has 0 saturated carbocycles. The first-order valence-electron chi connectivity index (χ1n) is 8.39. The Bertz CT molecular complexity index is 885. The van der Waals surface area contributed by atoms with Gasteiger partial charge in [0.1, 0.15) is 6.04 Å². The Morgan fingerprint density at radius 1 is 1.12 bits per heavy atom. The van der Waals surface area contributed by atoms with Crippen LogP contribution in [0.4, 0.5) is 0 Å². The predicted octanol–water partition coefficient (Wildman–Crippen LogP) is 2.88. The van der Waals surface area contributed by atoms with Crippen molar-refractivity contribution in [1.29, 1.82) is 0 Å². The van der Waals surface area contributed by atoms with Gasteiger partial charge in [0.05, 0.1) is 15.2 Å². The topological polar surface area (TPSA) is 74.7 Å². The minimum absolute atomic E-state index is 0.0671. The lowest BCUT2D eigenvalue weighted by molar-refractivity contribution is -0.142. The smallest absolute Gasteiger partial charge is 0.320 e. The Morgan fingerprint density at radius 2 is 1.77 bits per heavy atom. The average molecular weight is 394 g/mol. The summed E-state index contributed by atoms with van der Waals surface area (Å²) in [5, 5.41) is 8.92. The first-order chi connectivity index (χ1) is 12.4. The van der Waals surface area contributed by atoms with Gasteiger partial charge in [0.2, 0.25) is 0 Å². The molecule has 0 radical (unpaired) electrons. The van der Waals surface area contributed by atoms with Crippen molar-refractivity contribution in [3.8, 4) is 0 Å². The zero-order chi connectivity index (χ0) is 18.7. The summed E-state index contributed by atoms with van der Waals surface area (Å²) in [6.45, 7) is 0.687. The lowest BCUT2D eigenvalue weighted by atomic mass is 10.1. The fourth-order valence-corrected chi connectivity index (χ4v) is 5.61. The Morgan fingerprint density at radius 3 is 2.42 bits per heavy atom. The molecule has 0 amide bonds. The van der Waals surface area contributed by atoms with Gasteiger partial charge in [0.15, 0.2) is 9.84 Å². The maximum atomic E-state index is 12.9. The van der Waals surface area contributed by atoms with Gasteiger partial charge in [-0.25, -0.2) is 8.42 Å². The third kappa shape index (κ3) is 3.92. The van der Waals surface area contributed by atoms with E-state index in [1.54, 1.807) is 17.0 Å². The average Bonchev–Trinajstić information content (AvgIpc) is 3.06. The van der Waals surface area contributed by atoms with Crippen molar-refractivity contribution in [3.05, 3.63) is 65.2 Å². The fraction of sp³-hybridized carbons (Fsp3) is 0.316. The summed E-state index contributed by atoms with van der Waals surface area (Å²) < 4.78 is 25.9. The van der Waals surface area contributed by atoms with E-state index in [0.717, 1.165) is 5.56 Å². The van der Waals surface area contributed by atoms with Crippen molar-refractivity contribution in [1.82, 2.24) is 4.90 Å². The van der Waals surface area contributed by atoms with Crippen molar-refractivity contribution in [2.75, 3.05) is 13.1 Å². The normalized spacial score (nSPS) is 21.0. The van der Waals surface area contributed by atoms with Gasteiger partial charge in [0, 0.05) is 13.1 Å². The van der Waals surface area contributed by atoms with Gasteiger partial charge in [-0.3, -0.25) is 9.69 Å². The van der Waals surface area contributed by atoms with E-state index in [-0.39, 0.29) is 22.9 Å².